The average Bonchev–Trinajstić information content (AvgIpc) is 3.22. The first kappa shape index (κ1) is 20.2. The van der Waals surface area contributed by atoms with Crippen LogP contribution >= 0.6 is 0 Å². The maximum Gasteiger partial charge on any atom is 0.309 e. The molecule has 1 fully saturated rings. The Kier molecular flexibility index (Phi) is 4.94. The summed E-state index contributed by atoms with van der Waals surface area (Å²) in [5, 5.41) is 23.4. The fourth-order valence-electron chi connectivity index (χ4n) is 3.78. The van der Waals surface area contributed by atoms with Gasteiger partial charge in [0.1, 0.15) is 5.75 Å². The van der Waals surface area contributed by atoms with Crippen LogP contribution in [-0.4, -0.2) is 56.8 Å². The number of carboxylic acid groups (broad SMARTS) is 1. The molecule has 2 atom stereocenters. The van der Waals surface area contributed by atoms with E-state index >= 15 is 0 Å². The van der Waals surface area contributed by atoms with Gasteiger partial charge in [-0.3, -0.25) is 9.48 Å². The molecule has 1 aliphatic heterocycles. The first-order valence-corrected chi connectivity index (χ1v) is 10.6. The molecule has 30 heavy (non-hydrogen) atoms. The summed E-state index contributed by atoms with van der Waals surface area (Å²) in [6.07, 6.45) is 0.893. The zero-order chi connectivity index (χ0) is 21.6. The molecule has 11 heteroatoms. The van der Waals surface area contributed by atoms with E-state index in [4.69, 9.17) is 5.11 Å². The lowest BCUT2D eigenvalue weighted by molar-refractivity contribution is -0.136. The minimum absolute atomic E-state index is 0.0359. The van der Waals surface area contributed by atoms with Gasteiger partial charge in [0.05, 0.1) is 28.6 Å². The van der Waals surface area contributed by atoms with Gasteiger partial charge in [-0.05, 0) is 30.2 Å². The summed E-state index contributed by atoms with van der Waals surface area (Å²) in [4.78, 5) is 14.8. The number of fused-ring (bicyclic) bond motifs is 1. The van der Waals surface area contributed by atoms with Gasteiger partial charge in [0.25, 0.3) is 0 Å². The Balaban J connectivity index is 1.72. The Labute approximate surface area is 171 Å². The molecule has 3 aromatic rings. The quantitative estimate of drug-likeness (QED) is 0.586. The predicted octanol–water partition coefficient (Wildman–Crippen LogP) is 1.78. The number of phenols is 1. The fourth-order valence-corrected chi connectivity index (χ4v) is 5.34. The molecule has 4 rings (SSSR count). The van der Waals surface area contributed by atoms with E-state index in [0.717, 1.165) is 0 Å². The van der Waals surface area contributed by atoms with Crippen LogP contribution in [0.5, 0.6) is 5.75 Å². The van der Waals surface area contributed by atoms with Gasteiger partial charge in [-0.25, -0.2) is 13.4 Å². The van der Waals surface area contributed by atoms with Crippen molar-refractivity contribution in [2.24, 2.45) is 5.92 Å². The minimum Gasteiger partial charge on any atom is -0.508 e. The highest BCUT2D eigenvalue weighted by Gasteiger charge is 2.39. The van der Waals surface area contributed by atoms with Crippen molar-refractivity contribution in [3.8, 4) is 5.75 Å². The van der Waals surface area contributed by atoms with Gasteiger partial charge in [0.15, 0.2) is 0 Å². The van der Waals surface area contributed by atoms with Crippen LogP contribution in [-0.2, 0) is 21.2 Å². The molecule has 1 saturated heterocycles. The summed E-state index contributed by atoms with van der Waals surface area (Å²) in [5.41, 5.74) is 0.622. The van der Waals surface area contributed by atoms with Crippen LogP contribution in [0.15, 0.2) is 41.4 Å². The van der Waals surface area contributed by atoms with Crippen molar-refractivity contribution < 1.29 is 27.8 Å². The number of phenolic OH excluding ortho intramolecular Hbond substituents is 1. The summed E-state index contributed by atoms with van der Waals surface area (Å²) >= 11 is 0. The highest BCUT2D eigenvalue weighted by molar-refractivity contribution is 7.89. The van der Waals surface area contributed by atoms with E-state index in [9.17, 15) is 22.7 Å². The zero-order valence-corrected chi connectivity index (χ0v) is 16.8. The Hall–Kier alpha value is -3.05. The molecule has 0 radical (unpaired) electrons. The lowest BCUT2D eigenvalue weighted by Gasteiger charge is -2.17. The number of halogens is 1. The average molecular weight is 434 g/mol. The van der Waals surface area contributed by atoms with E-state index < -0.39 is 28.0 Å². The molecule has 1 aromatic carbocycles. The molecule has 0 unspecified atom stereocenters. The molecular weight excluding hydrogens is 415 g/mol. The number of carboxylic acids is 1. The number of aromatic hydroxyl groups is 1. The van der Waals surface area contributed by atoms with Crippen molar-refractivity contribution in [3.05, 3.63) is 48.2 Å². The molecule has 1 aliphatic rings. The molecule has 0 amide bonds. The predicted molar refractivity (Wildman–Crippen MR) is 104 cm³/mol. The van der Waals surface area contributed by atoms with Crippen LogP contribution in [0.25, 0.3) is 10.9 Å². The lowest BCUT2D eigenvalue weighted by atomic mass is 10.1. The second-order valence-electron chi connectivity index (χ2n) is 7.35. The monoisotopic (exact) mass is 434 g/mol. The van der Waals surface area contributed by atoms with Gasteiger partial charge in [-0.1, -0.05) is 6.92 Å². The van der Waals surface area contributed by atoms with E-state index in [2.05, 4.69) is 10.1 Å². The molecule has 0 spiro atoms. The Morgan fingerprint density at radius 1 is 1.27 bits per heavy atom. The molecule has 2 N–H and O–H groups in total. The summed E-state index contributed by atoms with van der Waals surface area (Å²) in [6, 6.07) is 6.04. The molecule has 0 bridgehead atoms. The highest BCUT2D eigenvalue weighted by atomic mass is 32.2. The van der Waals surface area contributed by atoms with Gasteiger partial charge in [0.2, 0.25) is 16.0 Å². The summed E-state index contributed by atoms with van der Waals surface area (Å²) in [5.74, 6) is -2.01. The number of carbonyl (C=O) groups is 1. The fraction of sp³-hybridized carbons (Fsp3) is 0.316. The lowest BCUT2D eigenvalue weighted by Crippen LogP contribution is -2.29. The largest absolute Gasteiger partial charge is 0.508 e. The summed E-state index contributed by atoms with van der Waals surface area (Å²) < 4.78 is 42.6. The van der Waals surface area contributed by atoms with E-state index in [1.165, 1.54) is 45.5 Å². The van der Waals surface area contributed by atoms with Crippen LogP contribution in [0.2, 0.25) is 0 Å². The SMILES string of the molecule is C[C@@H]1CN(S(=O)(=O)c2ccc(O)cc2)C[C@@H]1n1nc(CC(=O)O)c2cnc(F)cc21. The molecule has 3 heterocycles. The van der Waals surface area contributed by atoms with Crippen molar-refractivity contribution in [1.82, 2.24) is 19.1 Å². The number of aliphatic carboxylic acids is 1. The van der Waals surface area contributed by atoms with Crippen molar-refractivity contribution in [3.63, 3.8) is 0 Å². The second-order valence-corrected chi connectivity index (χ2v) is 9.28. The Morgan fingerprint density at radius 2 is 1.97 bits per heavy atom. The number of benzene rings is 1. The van der Waals surface area contributed by atoms with E-state index in [0.29, 0.717) is 10.9 Å². The molecule has 2 aromatic heterocycles. The first-order chi connectivity index (χ1) is 14.2. The molecule has 0 aliphatic carbocycles. The number of pyridine rings is 1. The molecule has 9 nitrogen and oxygen atoms in total. The summed E-state index contributed by atoms with van der Waals surface area (Å²) in [6.45, 7) is 2.17. The van der Waals surface area contributed by atoms with Gasteiger partial charge >= 0.3 is 5.97 Å². The standard InChI is InChI=1S/C19H19FN4O5S/c1-11-9-23(30(28,29)13-4-2-12(25)3-5-13)10-17(11)24-16-7-18(20)21-8-14(16)15(22-24)6-19(26)27/h2-5,7-8,11,17,25H,6,9-10H2,1H3,(H,26,27)/t11-,17+/m1/s1. The van der Waals surface area contributed by atoms with Gasteiger partial charge < -0.3 is 10.2 Å². The van der Waals surface area contributed by atoms with Crippen molar-refractivity contribution in [1.29, 1.82) is 0 Å². The van der Waals surface area contributed by atoms with Crippen LogP contribution in [0.3, 0.4) is 0 Å². The van der Waals surface area contributed by atoms with Crippen LogP contribution < -0.4 is 0 Å². The maximum atomic E-state index is 13.8. The zero-order valence-electron chi connectivity index (χ0n) is 15.9. The molecule has 0 saturated carbocycles. The third kappa shape index (κ3) is 3.50. The highest BCUT2D eigenvalue weighted by Crippen LogP contribution is 2.34. The molecule has 158 valence electrons. The normalized spacial score (nSPS) is 20.1. The number of sulfonamides is 1. The third-order valence-electron chi connectivity index (χ3n) is 5.28. The number of hydrogen-bond acceptors (Lipinski definition) is 6. The topological polar surface area (TPSA) is 126 Å². The van der Waals surface area contributed by atoms with E-state index in [1.807, 2.05) is 6.92 Å². The van der Waals surface area contributed by atoms with Crippen LogP contribution in [0.4, 0.5) is 4.39 Å². The van der Waals surface area contributed by atoms with E-state index in [-0.39, 0.29) is 41.8 Å². The number of aromatic nitrogens is 3. The van der Waals surface area contributed by atoms with Crippen molar-refractivity contribution in [2.75, 3.05) is 13.1 Å². The number of rotatable bonds is 5. The number of nitrogens with zero attached hydrogens (tertiary/aromatic N) is 4. The Morgan fingerprint density at radius 3 is 2.63 bits per heavy atom. The van der Waals surface area contributed by atoms with Crippen molar-refractivity contribution >= 4 is 26.9 Å². The number of hydrogen-bond donors (Lipinski definition) is 2. The maximum absolute atomic E-state index is 13.8. The van der Waals surface area contributed by atoms with Gasteiger partial charge in [-0.2, -0.15) is 13.8 Å². The van der Waals surface area contributed by atoms with Crippen LogP contribution in [0.1, 0.15) is 18.7 Å². The van der Waals surface area contributed by atoms with Gasteiger partial charge in [-0.15, -0.1) is 0 Å². The third-order valence-corrected chi connectivity index (χ3v) is 7.13. The van der Waals surface area contributed by atoms with Crippen molar-refractivity contribution in [2.45, 2.75) is 24.3 Å². The minimum atomic E-state index is -3.80. The second kappa shape index (κ2) is 7.33. The first-order valence-electron chi connectivity index (χ1n) is 9.20. The van der Waals surface area contributed by atoms with Gasteiger partial charge in [0, 0.05) is 30.7 Å². The summed E-state index contributed by atoms with van der Waals surface area (Å²) in [7, 11) is -3.80. The molecular formula is C19H19FN4O5S. The van der Waals surface area contributed by atoms with E-state index in [1.54, 1.807) is 0 Å². The Bertz CT molecular complexity index is 1230. The smallest absolute Gasteiger partial charge is 0.309 e. The van der Waals surface area contributed by atoms with Crippen LogP contribution in [0, 0.1) is 11.9 Å².